The summed E-state index contributed by atoms with van der Waals surface area (Å²) in [5.74, 6) is -0.104. The van der Waals surface area contributed by atoms with Gasteiger partial charge in [0.25, 0.3) is 5.91 Å². The molecule has 25 heavy (non-hydrogen) atoms. The molecule has 134 valence electrons. The molecular weight excluding hydrogens is 454 g/mol. The number of anilines is 1. The van der Waals surface area contributed by atoms with Crippen LogP contribution in [0.4, 0.5) is 18.9 Å². The molecule has 9 heteroatoms. The minimum atomic E-state index is -4.80. The number of alkyl halides is 3. The summed E-state index contributed by atoms with van der Waals surface area (Å²) in [4.78, 5) is 12.4. The van der Waals surface area contributed by atoms with Gasteiger partial charge in [0.05, 0.1) is 19.8 Å². The van der Waals surface area contributed by atoms with E-state index >= 15 is 0 Å². The van der Waals surface area contributed by atoms with Gasteiger partial charge in [0.1, 0.15) is 5.75 Å². The van der Waals surface area contributed by atoms with Crippen LogP contribution in [0, 0.1) is 3.57 Å². The first-order valence-electron chi connectivity index (χ1n) is 6.82. The van der Waals surface area contributed by atoms with Gasteiger partial charge in [-0.3, -0.25) is 4.79 Å². The van der Waals surface area contributed by atoms with Crippen LogP contribution in [0.2, 0.25) is 0 Å². The lowest BCUT2D eigenvalue weighted by Gasteiger charge is -2.13. The van der Waals surface area contributed by atoms with Crippen molar-refractivity contribution >= 4 is 34.2 Å². The highest BCUT2D eigenvalue weighted by molar-refractivity contribution is 14.1. The van der Waals surface area contributed by atoms with E-state index < -0.39 is 18.0 Å². The highest BCUT2D eigenvalue weighted by atomic mass is 127. The Morgan fingerprint density at radius 3 is 2.32 bits per heavy atom. The normalized spacial score (nSPS) is 11.0. The third-order valence-corrected chi connectivity index (χ3v) is 3.94. The molecule has 0 aromatic heterocycles. The number of amides is 1. The number of nitrogens with one attached hydrogen (secondary N) is 1. The highest BCUT2D eigenvalue weighted by Gasteiger charge is 2.31. The molecule has 0 radical (unpaired) electrons. The van der Waals surface area contributed by atoms with Gasteiger partial charge in [0.2, 0.25) is 0 Å². The fourth-order valence-corrected chi connectivity index (χ4v) is 2.68. The number of ether oxygens (including phenoxy) is 3. The third kappa shape index (κ3) is 5.15. The largest absolute Gasteiger partial charge is 0.573 e. The van der Waals surface area contributed by atoms with Crippen molar-refractivity contribution in [2.45, 2.75) is 6.36 Å². The van der Waals surface area contributed by atoms with Crippen molar-refractivity contribution in [2.75, 3.05) is 19.5 Å². The average Bonchev–Trinajstić information content (AvgIpc) is 2.53. The van der Waals surface area contributed by atoms with Crippen molar-refractivity contribution in [3.8, 4) is 17.2 Å². The number of benzene rings is 2. The van der Waals surface area contributed by atoms with Gasteiger partial charge in [0, 0.05) is 15.3 Å². The third-order valence-electron chi connectivity index (χ3n) is 3.04. The average molecular weight is 467 g/mol. The lowest BCUT2D eigenvalue weighted by molar-refractivity contribution is -0.274. The van der Waals surface area contributed by atoms with Crippen LogP contribution in [-0.2, 0) is 0 Å². The van der Waals surface area contributed by atoms with E-state index in [4.69, 9.17) is 9.47 Å². The molecule has 0 aliphatic carbocycles. The fourth-order valence-electron chi connectivity index (χ4n) is 2.00. The number of carbonyl (C=O) groups excluding carboxylic acids is 1. The van der Waals surface area contributed by atoms with Crippen molar-refractivity contribution in [3.63, 3.8) is 0 Å². The van der Waals surface area contributed by atoms with Crippen LogP contribution in [0.1, 0.15) is 10.4 Å². The Labute approximate surface area is 155 Å². The number of halogens is 4. The maximum atomic E-state index is 12.4. The summed E-state index contributed by atoms with van der Waals surface area (Å²) in [6.07, 6.45) is -4.80. The minimum Gasteiger partial charge on any atom is -0.493 e. The van der Waals surface area contributed by atoms with Gasteiger partial charge >= 0.3 is 6.36 Å². The molecule has 0 unspecified atom stereocenters. The van der Waals surface area contributed by atoms with Crippen molar-refractivity contribution in [3.05, 3.63) is 45.5 Å². The molecule has 1 N–H and O–H groups in total. The maximum absolute atomic E-state index is 12.4. The molecule has 0 bridgehead atoms. The van der Waals surface area contributed by atoms with Gasteiger partial charge in [-0.25, -0.2) is 0 Å². The number of hydrogen-bond acceptors (Lipinski definition) is 4. The molecule has 0 aliphatic rings. The van der Waals surface area contributed by atoms with E-state index in [0.717, 1.165) is 12.1 Å². The summed E-state index contributed by atoms with van der Waals surface area (Å²) in [6, 6.07) is 8.14. The zero-order valence-electron chi connectivity index (χ0n) is 13.1. The van der Waals surface area contributed by atoms with Crippen LogP contribution in [0.15, 0.2) is 36.4 Å². The topological polar surface area (TPSA) is 56.8 Å². The van der Waals surface area contributed by atoms with Crippen molar-refractivity contribution < 1.29 is 32.2 Å². The smallest absolute Gasteiger partial charge is 0.493 e. The Kier molecular flexibility index (Phi) is 5.98. The van der Waals surface area contributed by atoms with Crippen LogP contribution in [0.25, 0.3) is 0 Å². The van der Waals surface area contributed by atoms with Gasteiger partial charge < -0.3 is 19.5 Å². The Bertz CT molecular complexity index is 780. The number of carbonyl (C=O) groups is 1. The Balaban J connectivity index is 2.24. The fraction of sp³-hybridized carbons (Fsp3) is 0.188. The van der Waals surface area contributed by atoms with E-state index in [1.807, 2.05) is 22.6 Å². The monoisotopic (exact) mass is 467 g/mol. The summed E-state index contributed by atoms with van der Waals surface area (Å²) in [5, 5.41) is 2.53. The van der Waals surface area contributed by atoms with Gasteiger partial charge in [0.15, 0.2) is 11.5 Å². The molecule has 1 amide bonds. The molecule has 2 rings (SSSR count). The summed E-state index contributed by atoms with van der Waals surface area (Å²) in [6.45, 7) is 0. The van der Waals surface area contributed by atoms with E-state index in [2.05, 4.69) is 10.1 Å². The molecular formula is C16H13F3INO4. The first kappa shape index (κ1) is 19.2. The second-order valence-corrected chi connectivity index (χ2v) is 5.88. The molecule has 5 nitrogen and oxygen atoms in total. The number of rotatable bonds is 5. The zero-order valence-corrected chi connectivity index (χ0v) is 15.3. The molecule has 0 spiro atoms. The predicted octanol–water partition coefficient (Wildman–Crippen LogP) is 4.46. The summed E-state index contributed by atoms with van der Waals surface area (Å²) in [5.41, 5.74) is 0.456. The van der Waals surface area contributed by atoms with Gasteiger partial charge in [-0.1, -0.05) is 6.07 Å². The Hall–Kier alpha value is -2.17. The van der Waals surface area contributed by atoms with E-state index in [-0.39, 0.29) is 5.69 Å². The second kappa shape index (κ2) is 7.81. The predicted molar refractivity (Wildman–Crippen MR) is 93.3 cm³/mol. The SMILES string of the molecule is COc1cc(I)c(C(=O)Nc2cccc(OC(F)(F)F)c2)cc1OC. The Morgan fingerprint density at radius 2 is 1.72 bits per heavy atom. The van der Waals surface area contributed by atoms with Crippen LogP contribution in [0.3, 0.4) is 0 Å². The molecule has 2 aromatic rings. The van der Waals surface area contributed by atoms with E-state index in [0.29, 0.717) is 20.6 Å². The Morgan fingerprint density at radius 1 is 1.08 bits per heavy atom. The van der Waals surface area contributed by atoms with Crippen LogP contribution >= 0.6 is 22.6 Å². The van der Waals surface area contributed by atoms with Gasteiger partial charge in [-0.2, -0.15) is 0 Å². The van der Waals surface area contributed by atoms with E-state index in [1.54, 1.807) is 6.07 Å². The molecule has 0 saturated heterocycles. The molecule has 0 saturated carbocycles. The molecule has 0 fully saturated rings. The second-order valence-electron chi connectivity index (χ2n) is 4.72. The van der Waals surface area contributed by atoms with Gasteiger partial charge in [-0.05, 0) is 46.9 Å². The highest BCUT2D eigenvalue weighted by Crippen LogP contribution is 2.32. The van der Waals surface area contributed by atoms with Crippen LogP contribution < -0.4 is 19.5 Å². The maximum Gasteiger partial charge on any atom is 0.573 e. The first-order valence-corrected chi connectivity index (χ1v) is 7.90. The summed E-state index contributed by atoms with van der Waals surface area (Å²) >= 11 is 1.95. The van der Waals surface area contributed by atoms with Crippen molar-refractivity contribution in [2.24, 2.45) is 0 Å². The number of hydrogen-bond donors (Lipinski definition) is 1. The molecule has 2 aromatic carbocycles. The van der Waals surface area contributed by atoms with Crippen LogP contribution in [-0.4, -0.2) is 26.5 Å². The summed E-state index contributed by atoms with van der Waals surface area (Å²) in [7, 11) is 2.91. The molecule has 0 aliphatic heterocycles. The molecule has 0 atom stereocenters. The standard InChI is InChI=1S/C16H13F3INO4/c1-23-13-7-11(12(20)8-14(13)24-2)15(22)21-9-4-3-5-10(6-9)25-16(17,18)19/h3-8H,1-2H3,(H,21,22). The quantitative estimate of drug-likeness (QED) is 0.661. The van der Waals surface area contributed by atoms with Crippen molar-refractivity contribution in [1.82, 2.24) is 0 Å². The first-order chi connectivity index (χ1) is 11.7. The lowest BCUT2D eigenvalue weighted by Crippen LogP contribution is -2.17. The number of methoxy groups -OCH3 is 2. The molecule has 0 heterocycles. The lowest BCUT2D eigenvalue weighted by atomic mass is 10.1. The van der Waals surface area contributed by atoms with Crippen LogP contribution in [0.5, 0.6) is 17.2 Å². The van der Waals surface area contributed by atoms with Gasteiger partial charge in [-0.15, -0.1) is 13.2 Å². The summed E-state index contributed by atoms with van der Waals surface area (Å²) < 4.78 is 51.5. The van der Waals surface area contributed by atoms with E-state index in [1.165, 1.54) is 32.4 Å². The zero-order chi connectivity index (χ0) is 18.6. The van der Waals surface area contributed by atoms with Crippen molar-refractivity contribution in [1.29, 1.82) is 0 Å². The van der Waals surface area contributed by atoms with E-state index in [9.17, 15) is 18.0 Å². The minimum absolute atomic E-state index is 0.164.